The summed E-state index contributed by atoms with van der Waals surface area (Å²) in [7, 11) is 0. The molecule has 0 aliphatic rings. The van der Waals surface area contributed by atoms with Crippen molar-refractivity contribution in [1.29, 1.82) is 0 Å². The SMILES string of the molecule is Cc1cc(C)n(CCN(CCn2nc(C)cc2C)C(=O)c2ccccc2)n1. The van der Waals surface area contributed by atoms with Gasteiger partial charge in [-0.1, -0.05) is 18.2 Å². The number of nitrogens with zero attached hydrogens (tertiary/aromatic N) is 5. The molecule has 2 aromatic heterocycles. The Hall–Kier alpha value is -2.89. The fourth-order valence-corrected chi connectivity index (χ4v) is 3.31. The summed E-state index contributed by atoms with van der Waals surface area (Å²) < 4.78 is 3.92. The molecule has 0 fully saturated rings. The summed E-state index contributed by atoms with van der Waals surface area (Å²) in [5.41, 5.74) is 4.92. The first kappa shape index (κ1) is 18.9. The van der Waals surface area contributed by atoms with Gasteiger partial charge in [0.25, 0.3) is 5.91 Å². The van der Waals surface area contributed by atoms with Crippen molar-refractivity contribution in [2.24, 2.45) is 0 Å². The fraction of sp³-hybridized carbons (Fsp3) is 0.381. The van der Waals surface area contributed by atoms with Gasteiger partial charge in [0.1, 0.15) is 0 Å². The van der Waals surface area contributed by atoms with E-state index in [9.17, 15) is 4.79 Å². The van der Waals surface area contributed by atoms with Crippen LogP contribution in [-0.4, -0.2) is 43.5 Å². The molecule has 1 aromatic carbocycles. The summed E-state index contributed by atoms with van der Waals surface area (Å²) in [5.74, 6) is 0.0404. The van der Waals surface area contributed by atoms with Crippen LogP contribution in [0, 0.1) is 27.7 Å². The van der Waals surface area contributed by atoms with E-state index in [1.54, 1.807) is 0 Å². The maximum Gasteiger partial charge on any atom is 0.253 e. The minimum absolute atomic E-state index is 0.0404. The van der Waals surface area contributed by atoms with Crippen molar-refractivity contribution in [3.8, 4) is 0 Å². The van der Waals surface area contributed by atoms with Crippen LogP contribution >= 0.6 is 0 Å². The third-order valence-electron chi connectivity index (χ3n) is 4.68. The Labute approximate surface area is 160 Å². The number of hydrogen-bond donors (Lipinski definition) is 0. The van der Waals surface area contributed by atoms with Crippen molar-refractivity contribution in [1.82, 2.24) is 24.5 Å². The number of aromatic nitrogens is 4. The lowest BCUT2D eigenvalue weighted by Gasteiger charge is -2.23. The van der Waals surface area contributed by atoms with Crippen molar-refractivity contribution >= 4 is 5.91 Å². The van der Waals surface area contributed by atoms with Crippen molar-refractivity contribution < 1.29 is 4.79 Å². The average Bonchev–Trinajstić information content (AvgIpc) is 3.15. The van der Waals surface area contributed by atoms with Crippen molar-refractivity contribution in [3.63, 3.8) is 0 Å². The molecule has 0 unspecified atom stereocenters. The normalized spacial score (nSPS) is 11.0. The van der Waals surface area contributed by atoms with Gasteiger partial charge in [-0.3, -0.25) is 14.2 Å². The molecule has 6 nitrogen and oxygen atoms in total. The number of carbonyl (C=O) groups is 1. The maximum atomic E-state index is 13.0. The molecule has 6 heteroatoms. The molecule has 3 aromatic rings. The van der Waals surface area contributed by atoms with Crippen LogP contribution in [0.4, 0.5) is 0 Å². The second kappa shape index (κ2) is 8.20. The van der Waals surface area contributed by atoms with Gasteiger partial charge in [0, 0.05) is 30.0 Å². The molecule has 3 rings (SSSR count). The zero-order valence-electron chi connectivity index (χ0n) is 16.5. The third kappa shape index (κ3) is 4.64. The molecule has 0 aliphatic heterocycles. The zero-order valence-corrected chi connectivity index (χ0v) is 16.5. The highest BCUT2D eigenvalue weighted by molar-refractivity contribution is 5.94. The number of carbonyl (C=O) groups excluding carboxylic acids is 1. The molecule has 142 valence electrons. The summed E-state index contributed by atoms with van der Waals surface area (Å²) >= 11 is 0. The van der Waals surface area contributed by atoms with Gasteiger partial charge in [0.05, 0.1) is 24.5 Å². The highest BCUT2D eigenvalue weighted by atomic mass is 16.2. The molecule has 0 radical (unpaired) electrons. The van der Waals surface area contributed by atoms with Gasteiger partial charge >= 0.3 is 0 Å². The Kier molecular flexibility index (Phi) is 5.74. The standard InChI is InChI=1S/C21H27N5O/c1-16-14-18(3)25(22-16)12-10-24(21(27)20-8-6-5-7-9-20)11-13-26-19(4)15-17(2)23-26/h5-9,14-15H,10-13H2,1-4H3. The number of aryl methyl sites for hydroxylation is 4. The molecule has 0 N–H and O–H groups in total. The number of amides is 1. The van der Waals surface area contributed by atoms with Gasteiger partial charge in [0.15, 0.2) is 0 Å². The summed E-state index contributed by atoms with van der Waals surface area (Å²) in [5, 5.41) is 9.02. The predicted molar refractivity (Wildman–Crippen MR) is 106 cm³/mol. The van der Waals surface area contributed by atoms with E-state index in [1.165, 1.54) is 0 Å². The van der Waals surface area contributed by atoms with Crippen LogP contribution in [0.5, 0.6) is 0 Å². The lowest BCUT2D eigenvalue weighted by molar-refractivity contribution is 0.0739. The van der Waals surface area contributed by atoms with Crippen LogP contribution in [-0.2, 0) is 13.1 Å². The van der Waals surface area contributed by atoms with Crippen LogP contribution in [0.2, 0.25) is 0 Å². The topological polar surface area (TPSA) is 56.0 Å². The van der Waals surface area contributed by atoms with Crippen molar-refractivity contribution in [2.75, 3.05) is 13.1 Å². The molecule has 0 atom stereocenters. The Balaban J connectivity index is 1.74. The van der Waals surface area contributed by atoms with Gasteiger partial charge < -0.3 is 4.90 Å². The highest BCUT2D eigenvalue weighted by Gasteiger charge is 2.17. The molecule has 2 heterocycles. The lowest BCUT2D eigenvalue weighted by atomic mass is 10.2. The number of rotatable bonds is 7. The van der Waals surface area contributed by atoms with Crippen molar-refractivity contribution in [3.05, 3.63) is 70.8 Å². The van der Waals surface area contributed by atoms with E-state index in [0.717, 1.165) is 22.8 Å². The van der Waals surface area contributed by atoms with Crippen LogP contribution in [0.1, 0.15) is 33.1 Å². The molecule has 0 spiro atoms. The van der Waals surface area contributed by atoms with Crippen molar-refractivity contribution in [2.45, 2.75) is 40.8 Å². The quantitative estimate of drug-likeness (QED) is 0.646. The Morgan fingerprint density at radius 2 is 1.33 bits per heavy atom. The smallest absolute Gasteiger partial charge is 0.253 e. The molecule has 0 aliphatic carbocycles. The van der Waals surface area contributed by atoms with E-state index in [4.69, 9.17) is 0 Å². The minimum atomic E-state index is 0.0404. The molecular weight excluding hydrogens is 338 g/mol. The molecule has 1 amide bonds. The highest BCUT2D eigenvalue weighted by Crippen LogP contribution is 2.09. The van der Waals surface area contributed by atoms with Crippen LogP contribution in [0.25, 0.3) is 0 Å². The van der Waals surface area contributed by atoms with Gasteiger partial charge in [-0.2, -0.15) is 10.2 Å². The number of hydrogen-bond acceptors (Lipinski definition) is 3. The second-order valence-corrected chi connectivity index (χ2v) is 6.96. The lowest BCUT2D eigenvalue weighted by Crippen LogP contribution is -2.37. The predicted octanol–water partition coefficient (Wildman–Crippen LogP) is 3.16. The zero-order chi connectivity index (χ0) is 19.4. The van der Waals surface area contributed by atoms with Gasteiger partial charge in [-0.15, -0.1) is 0 Å². The first-order chi connectivity index (χ1) is 12.9. The third-order valence-corrected chi connectivity index (χ3v) is 4.68. The Bertz CT molecular complexity index is 860. The molecular formula is C21H27N5O. The molecule has 0 bridgehead atoms. The Morgan fingerprint density at radius 3 is 1.74 bits per heavy atom. The summed E-state index contributed by atoms with van der Waals surface area (Å²) in [6, 6.07) is 13.6. The Morgan fingerprint density at radius 1 is 0.852 bits per heavy atom. The fourth-order valence-electron chi connectivity index (χ4n) is 3.31. The molecule has 27 heavy (non-hydrogen) atoms. The van der Waals surface area contributed by atoms with E-state index >= 15 is 0 Å². The van der Waals surface area contributed by atoms with E-state index in [0.29, 0.717) is 31.7 Å². The van der Waals surface area contributed by atoms with E-state index in [2.05, 4.69) is 22.3 Å². The van der Waals surface area contributed by atoms with Gasteiger partial charge in [-0.25, -0.2) is 0 Å². The van der Waals surface area contributed by atoms with Crippen LogP contribution < -0.4 is 0 Å². The van der Waals surface area contributed by atoms with Gasteiger partial charge in [0.2, 0.25) is 0 Å². The minimum Gasteiger partial charge on any atom is -0.335 e. The van der Waals surface area contributed by atoms with Crippen LogP contribution in [0.3, 0.4) is 0 Å². The number of benzene rings is 1. The second-order valence-electron chi connectivity index (χ2n) is 6.96. The summed E-state index contributed by atoms with van der Waals surface area (Å²) in [4.78, 5) is 14.9. The van der Waals surface area contributed by atoms with E-state index in [1.807, 2.05) is 72.3 Å². The maximum absolute atomic E-state index is 13.0. The largest absolute Gasteiger partial charge is 0.335 e. The summed E-state index contributed by atoms with van der Waals surface area (Å²) in [6.45, 7) is 10.6. The summed E-state index contributed by atoms with van der Waals surface area (Å²) in [6.07, 6.45) is 0. The van der Waals surface area contributed by atoms with E-state index in [-0.39, 0.29) is 5.91 Å². The van der Waals surface area contributed by atoms with Crippen LogP contribution in [0.15, 0.2) is 42.5 Å². The average molecular weight is 365 g/mol. The first-order valence-electron chi connectivity index (χ1n) is 9.30. The molecule has 0 saturated heterocycles. The van der Waals surface area contributed by atoms with E-state index < -0.39 is 0 Å². The molecule has 0 saturated carbocycles. The monoisotopic (exact) mass is 365 g/mol. The van der Waals surface area contributed by atoms with Gasteiger partial charge in [-0.05, 0) is 52.0 Å². The first-order valence-corrected chi connectivity index (χ1v) is 9.30.